The predicted octanol–water partition coefficient (Wildman–Crippen LogP) is 2.63. The second kappa shape index (κ2) is 5.42. The van der Waals surface area contributed by atoms with E-state index in [1.54, 1.807) is 6.20 Å². The van der Waals surface area contributed by atoms with Gasteiger partial charge >= 0.3 is 0 Å². The maximum absolute atomic E-state index is 8.96. The number of nitriles is 1. The Balaban J connectivity index is 1.88. The van der Waals surface area contributed by atoms with Crippen LogP contribution in [0.15, 0.2) is 22.8 Å². The summed E-state index contributed by atoms with van der Waals surface area (Å²) in [4.78, 5) is 4.30. The molecule has 1 N–H and O–H groups in total. The van der Waals surface area contributed by atoms with Gasteiger partial charge in [-0.15, -0.1) is 0 Å². The van der Waals surface area contributed by atoms with E-state index in [4.69, 9.17) is 5.26 Å². The van der Waals surface area contributed by atoms with E-state index < -0.39 is 0 Å². The molecule has 0 bridgehead atoms. The fraction of sp³-hybridized carbons (Fsp3) is 0.500. The van der Waals surface area contributed by atoms with Crippen LogP contribution in [0.3, 0.4) is 0 Å². The van der Waals surface area contributed by atoms with Crippen LogP contribution in [-0.2, 0) is 6.54 Å². The Kier molecular flexibility index (Phi) is 3.92. The van der Waals surface area contributed by atoms with Crippen molar-refractivity contribution in [2.24, 2.45) is 5.92 Å². The molecule has 4 heteroatoms. The highest BCUT2D eigenvalue weighted by Gasteiger charge is 2.26. The first-order chi connectivity index (χ1) is 7.79. The molecule has 0 aromatic carbocycles. The molecule has 2 atom stereocenters. The SMILES string of the molecule is N#CC1CCCC1NCc1ccc(Br)cn1. The van der Waals surface area contributed by atoms with Gasteiger partial charge in [0.15, 0.2) is 0 Å². The Labute approximate surface area is 104 Å². The van der Waals surface area contributed by atoms with Crippen molar-refractivity contribution in [3.8, 4) is 6.07 Å². The number of halogens is 1. The molecule has 1 aliphatic carbocycles. The first-order valence-corrected chi connectivity index (χ1v) is 6.32. The number of hydrogen-bond donors (Lipinski definition) is 1. The minimum absolute atomic E-state index is 0.176. The lowest BCUT2D eigenvalue weighted by Gasteiger charge is -2.14. The van der Waals surface area contributed by atoms with Crippen molar-refractivity contribution in [1.82, 2.24) is 10.3 Å². The quantitative estimate of drug-likeness (QED) is 0.925. The van der Waals surface area contributed by atoms with Crippen LogP contribution in [0.4, 0.5) is 0 Å². The fourth-order valence-corrected chi connectivity index (χ4v) is 2.34. The number of rotatable bonds is 3. The van der Waals surface area contributed by atoms with Gasteiger partial charge in [-0.3, -0.25) is 4.98 Å². The van der Waals surface area contributed by atoms with Crippen LogP contribution in [0.25, 0.3) is 0 Å². The standard InChI is InChI=1S/C12H14BrN3/c13-10-4-5-11(15-7-10)8-16-12-3-1-2-9(12)6-14/h4-5,7,9,12,16H,1-3,8H2. The maximum atomic E-state index is 8.96. The summed E-state index contributed by atoms with van der Waals surface area (Å²) in [5, 5.41) is 12.4. The Morgan fingerprint density at radius 3 is 3.06 bits per heavy atom. The highest BCUT2D eigenvalue weighted by atomic mass is 79.9. The summed E-state index contributed by atoms with van der Waals surface area (Å²) in [7, 11) is 0. The third-order valence-corrected chi connectivity index (χ3v) is 3.48. The van der Waals surface area contributed by atoms with Crippen LogP contribution in [0.5, 0.6) is 0 Å². The van der Waals surface area contributed by atoms with Crippen molar-refractivity contribution in [2.75, 3.05) is 0 Å². The molecular formula is C12H14BrN3. The van der Waals surface area contributed by atoms with Crippen LogP contribution >= 0.6 is 15.9 Å². The van der Waals surface area contributed by atoms with E-state index in [-0.39, 0.29) is 5.92 Å². The highest BCUT2D eigenvalue weighted by molar-refractivity contribution is 9.10. The second-order valence-electron chi connectivity index (χ2n) is 4.12. The first kappa shape index (κ1) is 11.6. The molecule has 1 fully saturated rings. The lowest BCUT2D eigenvalue weighted by molar-refractivity contribution is 0.461. The van der Waals surface area contributed by atoms with Crippen molar-refractivity contribution in [3.63, 3.8) is 0 Å². The van der Waals surface area contributed by atoms with E-state index in [1.807, 2.05) is 12.1 Å². The summed E-state index contributed by atoms with van der Waals surface area (Å²) < 4.78 is 0.993. The van der Waals surface area contributed by atoms with Gasteiger partial charge < -0.3 is 5.32 Å². The van der Waals surface area contributed by atoms with E-state index >= 15 is 0 Å². The topological polar surface area (TPSA) is 48.7 Å². The van der Waals surface area contributed by atoms with E-state index in [0.717, 1.165) is 36.0 Å². The normalized spacial score (nSPS) is 24.2. The maximum Gasteiger partial charge on any atom is 0.0672 e. The molecule has 0 spiro atoms. The van der Waals surface area contributed by atoms with E-state index in [1.165, 1.54) is 0 Å². The van der Waals surface area contributed by atoms with Crippen LogP contribution in [-0.4, -0.2) is 11.0 Å². The minimum atomic E-state index is 0.176. The van der Waals surface area contributed by atoms with Crippen LogP contribution in [0, 0.1) is 17.2 Å². The third kappa shape index (κ3) is 2.81. The lowest BCUT2D eigenvalue weighted by Crippen LogP contribution is -2.31. The molecule has 1 aromatic heterocycles. The number of hydrogen-bond acceptors (Lipinski definition) is 3. The van der Waals surface area contributed by atoms with Crippen molar-refractivity contribution in [2.45, 2.75) is 31.8 Å². The van der Waals surface area contributed by atoms with E-state index in [9.17, 15) is 0 Å². The molecule has 2 rings (SSSR count). The first-order valence-electron chi connectivity index (χ1n) is 5.53. The fourth-order valence-electron chi connectivity index (χ4n) is 2.11. The van der Waals surface area contributed by atoms with E-state index in [2.05, 4.69) is 32.3 Å². The second-order valence-corrected chi connectivity index (χ2v) is 5.04. The Hall–Kier alpha value is -0.920. The van der Waals surface area contributed by atoms with Gasteiger partial charge in [0.05, 0.1) is 17.7 Å². The average Bonchev–Trinajstić information content (AvgIpc) is 2.76. The molecule has 0 amide bonds. The summed E-state index contributed by atoms with van der Waals surface area (Å²) in [6, 6.07) is 6.69. The summed E-state index contributed by atoms with van der Waals surface area (Å²) in [6.07, 6.45) is 5.09. The zero-order valence-electron chi connectivity index (χ0n) is 8.99. The Morgan fingerprint density at radius 2 is 2.38 bits per heavy atom. The molecule has 3 nitrogen and oxygen atoms in total. The van der Waals surface area contributed by atoms with E-state index in [0.29, 0.717) is 6.04 Å². The molecule has 2 unspecified atom stereocenters. The monoisotopic (exact) mass is 279 g/mol. The summed E-state index contributed by atoms with van der Waals surface area (Å²) in [5.74, 6) is 0.176. The molecule has 1 aliphatic rings. The lowest BCUT2D eigenvalue weighted by atomic mass is 10.1. The zero-order valence-corrected chi connectivity index (χ0v) is 10.6. The molecule has 1 aromatic rings. The van der Waals surface area contributed by atoms with Gasteiger partial charge in [0, 0.05) is 23.3 Å². The molecule has 84 valence electrons. The van der Waals surface area contributed by atoms with Crippen molar-refractivity contribution in [1.29, 1.82) is 5.26 Å². The molecule has 0 radical (unpaired) electrons. The number of nitrogens with one attached hydrogen (secondary N) is 1. The average molecular weight is 280 g/mol. The summed E-state index contributed by atoms with van der Waals surface area (Å²) in [6.45, 7) is 0.746. The van der Waals surface area contributed by atoms with Crippen molar-refractivity contribution >= 4 is 15.9 Å². The molecular weight excluding hydrogens is 266 g/mol. The van der Waals surface area contributed by atoms with Crippen molar-refractivity contribution < 1.29 is 0 Å². The Morgan fingerprint density at radius 1 is 1.50 bits per heavy atom. The van der Waals surface area contributed by atoms with Gasteiger partial charge in [0.2, 0.25) is 0 Å². The third-order valence-electron chi connectivity index (χ3n) is 3.02. The smallest absolute Gasteiger partial charge is 0.0672 e. The van der Waals surface area contributed by atoms with Gasteiger partial charge in [0.1, 0.15) is 0 Å². The minimum Gasteiger partial charge on any atom is -0.307 e. The largest absolute Gasteiger partial charge is 0.307 e. The molecule has 0 aliphatic heterocycles. The van der Waals surface area contributed by atoms with Crippen LogP contribution < -0.4 is 5.32 Å². The molecule has 1 heterocycles. The predicted molar refractivity (Wildman–Crippen MR) is 65.5 cm³/mol. The molecule has 1 saturated carbocycles. The van der Waals surface area contributed by atoms with Gasteiger partial charge in [-0.25, -0.2) is 0 Å². The van der Waals surface area contributed by atoms with Crippen LogP contribution in [0.1, 0.15) is 25.0 Å². The molecule has 16 heavy (non-hydrogen) atoms. The number of aromatic nitrogens is 1. The van der Waals surface area contributed by atoms with Crippen molar-refractivity contribution in [3.05, 3.63) is 28.5 Å². The zero-order chi connectivity index (χ0) is 11.4. The molecule has 0 saturated heterocycles. The van der Waals surface area contributed by atoms with Crippen LogP contribution in [0.2, 0.25) is 0 Å². The van der Waals surface area contributed by atoms with Gasteiger partial charge in [-0.1, -0.05) is 6.42 Å². The van der Waals surface area contributed by atoms with Gasteiger partial charge in [-0.2, -0.15) is 5.26 Å². The van der Waals surface area contributed by atoms with Gasteiger partial charge in [-0.05, 0) is 40.9 Å². The number of nitrogens with zero attached hydrogens (tertiary/aromatic N) is 2. The van der Waals surface area contributed by atoms with Gasteiger partial charge in [0.25, 0.3) is 0 Å². The summed E-state index contributed by atoms with van der Waals surface area (Å²) >= 11 is 3.36. The highest BCUT2D eigenvalue weighted by Crippen LogP contribution is 2.24. The number of pyridine rings is 1. The summed E-state index contributed by atoms with van der Waals surface area (Å²) in [5.41, 5.74) is 1.02. The Bertz CT molecular complexity index is 382.